The fourth-order valence-electron chi connectivity index (χ4n) is 2.02. The highest BCUT2D eigenvalue weighted by Crippen LogP contribution is 2.19. The molecule has 0 unspecified atom stereocenters. The van der Waals surface area contributed by atoms with Gasteiger partial charge in [0.2, 0.25) is 0 Å². The Bertz CT molecular complexity index is 705. The molecule has 0 saturated carbocycles. The Balaban J connectivity index is 1.99. The van der Waals surface area contributed by atoms with Crippen molar-refractivity contribution in [1.29, 1.82) is 0 Å². The second-order valence-electron chi connectivity index (χ2n) is 5.14. The Kier molecular flexibility index (Phi) is 5.49. The van der Waals surface area contributed by atoms with Crippen LogP contribution in [0.15, 0.2) is 48.5 Å². The van der Waals surface area contributed by atoms with E-state index in [9.17, 15) is 4.79 Å². The van der Waals surface area contributed by atoms with Crippen molar-refractivity contribution in [3.63, 3.8) is 0 Å². The number of hydrogen-bond donors (Lipinski definition) is 3. The van der Waals surface area contributed by atoms with Gasteiger partial charge in [0, 0.05) is 12.1 Å². The maximum atomic E-state index is 11.8. The number of hydrazine groups is 1. The molecule has 2 aromatic carbocycles. The number of fused-ring (bicyclic) bond motifs is 1. The number of benzene rings is 2. The van der Waals surface area contributed by atoms with E-state index in [1.54, 1.807) is 6.08 Å². The third-order valence-corrected chi connectivity index (χ3v) is 3.18. The van der Waals surface area contributed by atoms with Crippen LogP contribution in [0.5, 0.6) is 0 Å². The SMILES string of the molecule is CC(C)NC(=S)NNC(=O)/C=C/c1cccc2ccccc12. The Morgan fingerprint density at radius 3 is 2.59 bits per heavy atom. The number of carbonyl (C=O) groups is 1. The summed E-state index contributed by atoms with van der Waals surface area (Å²) in [6, 6.07) is 14.3. The predicted molar refractivity (Wildman–Crippen MR) is 95.1 cm³/mol. The first-order chi connectivity index (χ1) is 10.6. The van der Waals surface area contributed by atoms with Crippen molar-refractivity contribution in [2.75, 3.05) is 0 Å². The topological polar surface area (TPSA) is 53.2 Å². The molecule has 0 spiro atoms. The molecule has 1 amide bonds. The van der Waals surface area contributed by atoms with Crippen LogP contribution < -0.4 is 16.2 Å². The Labute approximate surface area is 135 Å². The quantitative estimate of drug-likeness (QED) is 0.463. The van der Waals surface area contributed by atoms with E-state index in [-0.39, 0.29) is 11.9 Å². The molecule has 3 N–H and O–H groups in total. The van der Waals surface area contributed by atoms with E-state index in [1.807, 2.05) is 56.3 Å². The van der Waals surface area contributed by atoms with Crippen molar-refractivity contribution >= 4 is 40.1 Å². The van der Waals surface area contributed by atoms with Crippen molar-refractivity contribution < 1.29 is 4.79 Å². The molecule has 0 aliphatic carbocycles. The first-order valence-electron chi connectivity index (χ1n) is 7.08. The zero-order valence-corrected chi connectivity index (χ0v) is 13.4. The predicted octanol–water partition coefficient (Wildman–Crippen LogP) is 2.76. The van der Waals surface area contributed by atoms with Gasteiger partial charge in [0.05, 0.1) is 0 Å². The molecule has 0 atom stereocenters. The van der Waals surface area contributed by atoms with Gasteiger partial charge in [0.25, 0.3) is 5.91 Å². The highest BCUT2D eigenvalue weighted by atomic mass is 32.1. The third-order valence-electron chi connectivity index (χ3n) is 2.96. The van der Waals surface area contributed by atoms with Crippen LogP contribution in [0.25, 0.3) is 16.8 Å². The molecule has 0 aliphatic heterocycles. The van der Waals surface area contributed by atoms with Crippen LogP contribution in [-0.2, 0) is 4.79 Å². The molecule has 0 heterocycles. The number of carbonyl (C=O) groups excluding carboxylic acids is 1. The lowest BCUT2D eigenvalue weighted by molar-refractivity contribution is -0.116. The fourth-order valence-corrected chi connectivity index (χ4v) is 2.31. The summed E-state index contributed by atoms with van der Waals surface area (Å²) in [5, 5.41) is 5.62. The van der Waals surface area contributed by atoms with Crippen LogP contribution in [0, 0.1) is 0 Å². The monoisotopic (exact) mass is 313 g/mol. The van der Waals surface area contributed by atoms with E-state index >= 15 is 0 Å². The van der Waals surface area contributed by atoms with Gasteiger partial charge in [-0.3, -0.25) is 15.6 Å². The van der Waals surface area contributed by atoms with E-state index in [0.717, 1.165) is 16.3 Å². The van der Waals surface area contributed by atoms with Crippen LogP contribution >= 0.6 is 12.2 Å². The average Bonchev–Trinajstić information content (AvgIpc) is 2.50. The van der Waals surface area contributed by atoms with Crippen LogP contribution in [-0.4, -0.2) is 17.1 Å². The molecule has 0 radical (unpaired) electrons. The number of amides is 1. The summed E-state index contributed by atoms with van der Waals surface area (Å²) in [6.45, 7) is 3.94. The Morgan fingerprint density at radius 2 is 1.82 bits per heavy atom. The number of rotatable bonds is 3. The molecule has 0 saturated heterocycles. The van der Waals surface area contributed by atoms with Crippen molar-refractivity contribution in [2.24, 2.45) is 0 Å². The molecule has 2 aromatic rings. The van der Waals surface area contributed by atoms with E-state index in [4.69, 9.17) is 12.2 Å². The molecule has 0 bridgehead atoms. The van der Waals surface area contributed by atoms with Gasteiger partial charge in [-0.2, -0.15) is 0 Å². The molecule has 4 nitrogen and oxygen atoms in total. The van der Waals surface area contributed by atoms with Gasteiger partial charge < -0.3 is 5.32 Å². The Morgan fingerprint density at radius 1 is 1.09 bits per heavy atom. The van der Waals surface area contributed by atoms with Gasteiger partial charge >= 0.3 is 0 Å². The lowest BCUT2D eigenvalue weighted by Gasteiger charge is -2.12. The third kappa shape index (κ3) is 4.56. The Hall–Kier alpha value is -2.40. The summed E-state index contributed by atoms with van der Waals surface area (Å²) >= 11 is 5.03. The van der Waals surface area contributed by atoms with Crippen LogP contribution in [0.4, 0.5) is 0 Å². The minimum atomic E-state index is -0.263. The van der Waals surface area contributed by atoms with Gasteiger partial charge in [-0.05, 0) is 48.5 Å². The van der Waals surface area contributed by atoms with Gasteiger partial charge in [-0.15, -0.1) is 0 Å². The van der Waals surface area contributed by atoms with Crippen LogP contribution in [0.3, 0.4) is 0 Å². The van der Waals surface area contributed by atoms with Crippen molar-refractivity contribution in [3.8, 4) is 0 Å². The zero-order chi connectivity index (χ0) is 15.9. The first kappa shape index (κ1) is 16.0. The molecular weight excluding hydrogens is 294 g/mol. The van der Waals surface area contributed by atoms with Gasteiger partial charge in [-0.25, -0.2) is 0 Å². The number of hydrogen-bond acceptors (Lipinski definition) is 2. The maximum absolute atomic E-state index is 11.8. The minimum Gasteiger partial charge on any atom is -0.359 e. The van der Waals surface area contributed by atoms with Crippen LogP contribution in [0.2, 0.25) is 0 Å². The molecule has 0 aromatic heterocycles. The first-order valence-corrected chi connectivity index (χ1v) is 7.49. The summed E-state index contributed by atoms with van der Waals surface area (Å²) in [5.74, 6) is -0.263. The van der Waals surface area contributed by atoms with Crippen LogP contribution in [0.1, 0.15) is 19.4 Å². The molecular formula is C17H19N3OS. The lowest BCUT2D eigenvalue weighted by atomic mass is 10.0. The maximum Gasteiger partial charge on any atom is 0.262 e. The summed E-state index contributed by atoms with van der Waals surface area (Å²) in [4.78, 5) is 11.8. The lowest BCUT2D eigenvalue weighted by Crippen LogP contribution is -2.48. The second kappa shape index (κ2) is 7.56. The molecule has 0 fully saturated rings. The van der Waals surface area contributed by atoms with Crippen molar-refractivity contribution in [3.05, 3.63) is 54.1 Å². The van der Waals surface area contributed by atoms with E-state index in [2.05, 4.69) is 16.2 Å². The van der Waals surface area contributed by atoms with Gasteiger partial charge in [-0.1, -0.05) is 42.5 Å². The van der Waals surface area contributed by atoms with Crippen molar-refractivity contribution in [2.45, 2.75) is 19.9 Å². The smallest absolute Gasteiger partial charge is 0.262 e. The van der Waals surface area contributed by atoms with E-state index in [0.29, 0.717) is 5.11 Å². The van der Waals surface area contributed by atoms with Crippen molar-refractivity contribution in [1.82, 2.24) is 16.2 Å². The van der Waals surface area contributed by atoms with E-state index in [1.165, 1.54) is 6.08 Å². The van der Waals surface area contributed by atoms with Gasteiger partial charge in [0.1, 0.15) is 0 Å². The minimum absolute atomic E-state index is 0.211. The standard InChI is InChI=1S/C17H19N3OS/c1-12(2)18-17(22)20-19-16(21)11-10-14-8-5-7-13-6-3-4-9-15(13)14/h3-12H,1-2H3,(H,19,21)(H2,18,20,22)/b11-10+. The highest BCUT2D eigenvalue weighted by Gasteiger charge is 2.00. The number of nitrogens with one attached hydrogen (secondary N) is 3. The van der Waals surface area contributed by atoms with E-state index < -0.39 is 0 Å². The fraction of sp³-hybridized carbons (Fsp3) is 0.176. The molecule has 22 heavy (non-hydrogen) atoms. The summed E-state index contributed by atoms with van der Waals surface area (Å²) in [7, 11) is 0. The van der Waals surface area contributed by atoms with Gasteiger partial charge in [0.15, 0.2) is 5.11 Å². The highest BCUT2D eigenvalue weighted by molar-refractivity contribution is 7.80. The zero-order valence-electron chi connectivity index (χ0n) is 12.6. The molecule has 0 aliphatic rings. The largest absolute Gasteiger partial charge is 0.359 e. The summed E-state index contributed by atoms with van der Waals surface area (Å²) < 4.78 is 0. The molecule has 5 heteroatoms. The summed E-state index contributed by atoms with van der Waals surface area (Å²) in [6.07, 6.45) is 3.27. The summed E-state index contributed by atoms with van der Waals surface area (Å²) in [5.41, 5.74) is 6.18. The normalized spacial score (nSPS) is 10.9. The molecule has 114 valence electrons. The number of thiocarbonyl (C=S) groups is 1. The molecule has 2 rings (SSSR count). The second-order valence-corrected chi connectivity index (χ2v) is 5.55. The average molecular weight is 313 g/mol.